The monoisotopic (exact) mass is 504 g/mol. The van der Waals surface area contributed by atoms with Crippen molar-refractivity contribution in [2.45, 2.75) is 105 Å². The molecule has 0 bridgehead atoms. The van der Waals surface area contributed by atoms with Crippen LogP contribution in [0.1, 0.15) is 86.5 Å². The first-order valence-corrected chi connectivity index (χ1v) is 14.2. The van der Waals surface area contributed by atoms with E-state index in [9.17, 15) is 30.3 Å². The fourth-order valence-electron chi connectivity index (χ4n) is 11.2. The highest BCUT2D eigenvalue weighted by molar-refractivity contribution is 5.76. The van der Waals surface area contributed by atoms with E-state index in [1.54, 1.807) is 0 Å². The molecule has 0 aromatic heterocycles. The molecule has 204 valence electrons. The lowest BCUT2D eigenvalue weighted by Gasteiger charge is -2.72. The largest absolute Gasteiger partial charge is 0.481 e. The van der Waals surface area contributed by atoms with Crippen LogP contribution < -0.4 is 0 Å². The Labute approximate surface area is 216 Å². The maximum Gasteiger partial charge on any atom is 0.310 e. The van der Waals surface area contributed by atoms with E-state index in [-0.39, 0.29) is 41.1 Å². The molecule has 6 nitrogen and oxygen atoms in total. The van der Waals surface area contributed by atoms with Crippen molar-refractivity contribution in [1.29, 1.82) is 0 Å². The number of hydrogen-bond donors (Lipinski definition) is 5. The van der Waals surface area contributed by atoms with Crippen LogP contribution in [0.15, 0.2) is 11.6 Å². The second-order valence-corrected chi connectivity index (χ2v) is 14.6. The highest BCUT2D eigenvalue weighted by Gasteiger charge is 2.72. The molecule has 0 aromatic carbocycles. The summed E-state index contributed by atoms with van der Waals surface area (Å²) in [6.45, 7) is 12.8. The standard InChI is InChI=1S/C30H48O6/c1-16-9-10-30(25(35)36)12-11-28(5)18(22(30)17(16)2)7-8-21-26(3)13-20(33)24(34)27(4,15-31)23(26)19(32)14-29(21,28)6/h7,16-17,19-24,31-34H,8-15H2,1-6H3,(H,35,36)/t16-,17+,19?,20-,21?,22?,23?,24+,26-,27+,28-,29-,30+/m1/s1. The van der Waals surface area contributed by atoms with Crippen molar-refractivity contribution in [1.82, 2.24) is 0 Å². The van der Waals surface area contributed by atoms with Crippen molar-refractivity contribution in [2.75, 3.05) is 6.61 Å². The summed E-state index contributed by atoms with van der Waals surface area (Å²) in [4.78, 5) is 12.8. The number of aliphatic carboxylic acids is 1. The van der Waals surface area contributed by atoms with Gasteiger partial charge in [0.2, 0.25) is 0 Å². The van der Waals surface area contributed by atoms with Gasteiger partial charge in [-0.15, -0.1) is 0 Å². The molecule has 13 atom stereocenters. The van der Waals surface area contributed by atoms with Crippen molar-refractivity contribution in [3.63, 3.8) is 0 Å². The molecule has 5 aliphatic carbocycles. The number of hydrogen-bond acceptors (Lipinski definition) is 5. The van der Waals surface area contributed by atoms with Crippen LogP contribution in [0, 0.1) is 56.7 Å². The van der Waals surface area contributed by atoms with Crippen molar-refractivity contribution in [2.24, 2.45) is 56.7 Å². The Hall–Kier alpha value is -0.950. The quantitative estimate of drug-likeness (QED) is 0.363. The van der Waals surface area contributed by atoms with Crippen molar-refractivity contribution in [3.8, 4) is 0 Å². The normalized spacial score (nSPS) is 58.6. The molecule has 0 aromatic rings. The molecule has 36 heavy (non-hydrogen) atoms. The van der Waals surface area contributed by atoms with Gasteiger partial charge in [-0.1, -0.05) is 53.2 Å². The fourth-order valence-corrected chi connectivity index (χ4v) is 11.2. The summed E-state index contributed by atoms with van der Waals surface area (Å²) < 4.78 is 0. The first kappa shape index (κ1) is 26.6. The second-order valence-electron chi connectivity index (χ2n) is 14.6. The van der Waals surface area contributed by atoms with Crippen molar-refractivity contribution >= 4 is 5.97 Å². The van der Waals surface area contributed by atoms with Crippen LogP contribution in [-0.4, -0.2) is 56.4 Å². The highest BCUT2D eigenvalue weighted by atomic mass is 16.4. The van der Waals surface area contributed by atoms with Gasteiger partial charge in [-0.05, 0) is 84.9 Å². The van der Waals surface area contributed by atoms with E-state index < -0.39 is 40.5 Å². The zero-order valence-electron chi connectivity index (χ0n) is 23.0. The van der Waals surface area contributed by atoms with E-state index in [4.69, 9.17) is 0 Å². The summed E-state index contributed by atoms with van der Waals surface area (Å²) in [6, 6.07) is 0. The Morgan fingerprint density at radius 3 is 2.28 bits per heavy atom. The first-order chi connectivity index (χ1) is 16.6. The Morgan fingerprint density at radius 1 is 1.00 bits per heavy atom. The van der Waals surface area contributed by atoms with Crippen LogP contribution in [0.5, 0.6) is 0 Å². The molecule has 0 heterocycles. The average Bonchev–Trinajstić information content (AvgIpc) is 2.80. The third-order valence-corrected chi connectivity index (χ3v) is 13.4. The maximum absolute atomic E-state index is 12.8. The fraction of sp³-hybridized carbons (Fsp3) is 0.900. The molecule has 0 saturated heterocycles. The van der Waals surface area contributed by atoms with Crippen LogP contribution in [-0.2, 0) is 4.79 Å². The zero-order valence-corrected chi connectivity index (χ0v) is 23.0. The molecular formula is C30H48O6. The van der Waals surface area contributed by atoms with E-state index in [0.29, 0.717) is 25.2 Å². The van der Waals surface area contributed by atoms with Gasteiger partial charge in [-0.2, -0.15) is 0 Å². The molecule has 5 N–H and O–H groups in total. The summed E-state index contributed by atoms with van der Waals surface area (Å²) in [5, 5.41) is 54.7. The van der Waals surface area contributed by atoms with Gasteiger partial charge in [0, 0.05) is 11.3 Å². The number of aliphatic hydroxyl groups is 4. The molecule has 0 radical (unpaired) electrons. The lowest BCUT2D eigenvalue weighted by molar-refractivity contribution is -0.273. The van der Waals surface area contributed by atoms with E-state index in [0.717, 1.165) is 25.7 Å². The summed E-state index contributed by atoms with van der Waals surface area (Å²) in [5.41, 5.74) is -1.41. The Bertz CT molecular complexity index is 963. The van der Waals surface area contributed by atoms with Gasteiger partial charge >= 0.3 is 5.97 Å². The van der Waals surface area contributed by atoms with Crippen molar-refractivity contribution in [3.05, 3.63) is 11.6 Å². The van der Waals surface area contributed by atoms with Gasteiger partial charge in [0.25, 0.3) is 0 Å². The number of rotatable bonds is 2. The Balaban J connectivity index is 1.65. The third-order valence-electron chi connectivity index (χ3n) is 13.4. The highest BCUT2D eigenvalue weighted by Crippen LogP contribution is 2.75. The minimum atomic E-state index is -1.08. The molecule has 0 amide bonds. The van der Waals surface area contributed by atoms with Crippen molar-refractivity contribution < 1.29 is 30.3 Å². The molecule has 5 rings (SSSR count). The number of fused-ring (bicyclic) bond motifs is 7. The topological polar surface area (TPSA) is 118 Å². The number of allylic oxidation sites excluding steroid dienone is 2. The van der Waals surface area contributed by atoms with E-state index in [1.165, 1.54) is 5.57 Å². The molecule has 0 spiro atoms. The molecule has 4 saturated carbocycles. The average molecular weight is 505 g/mol. The van der Waals surface area contributed by atoms with Gasteiger partial charge in [-0.3, -0.25) is 4.79 Å². The van der Waals surface area contributed by atoms with Crippen LogP contribution in [0.4, 0.5) is 0 Å². The molecule has 6 heteroatoms. The van der Waals surface area contributed by atoms with Gasteiger partial charge in [0.1, 0.15) is 0 Å². The summed E-state index contributed by atoms with van der Waals surface area (Å²) in [5.74, 6) is -0.0914. The molecular weight excluding hydrogens is 456 g/mol. The lowest BCUT2D eigenvalue weighted by atomic mass is 9.32. The van der Waals surface area contributed by atoms with Crippen LogP contribution in [0.3, 0.4) is 0 Å². The Morgan fingerprint density at radius 2 is 1.67 bits per heavy atom. The van der Waals surface area contributed by atoms with Crippen LogP contribution >= 0.6 is 0 Å². The number of carboxylic acids is 1. The predicted octanol–water partition coefficient (Wildman–Crippen LogP) is 4.00. The summed E-state index contributed by atoms with van der Waals surface area (Å²) >= 11 is 0. The molecule has 0 aliphatic heterocycles. The number of carbonyl (C=O) groups is 1. The molecule has 4 fully saturated rings. The minimum Gasteiger partial charge on any atom is -0.481 e. The van der Waals surface area contributed by atoms with Gasteiger partial charge in [0.05, 0.1) is 30.3 Å². The van der Waals surface area contributed by atoms with Gasteiger partial charge in [0.15, 0.2) is 0 Å². The third kappa shape index (κ3) is 2.96. The van der Waals surface area contributed by atoms with Crippen LogP contribution in [0.2, 0.25) is 0 Å². The summed E-state index contributed by atoms with van der Waals surface area (Å²) in [6.07, 6.45) is 4.44. The van der Waals surface area contributed by atoms with Crippen LogP contribution in [0.25, 0.3) is 0 Å². The molecule has 4 unspecified atom stereocenters. The van der Waals surface area contributed by atoms with E-state index in [1.807, 2.05) is 6.92 Å². The minimum absolute atomic E-state index is 0.000534. The van der Waals surface area contributed by atoms with E-state index in [2.05, 4.69) is 40.7 Å². The number of aliphatic hydroxyl groups excluding tert-OH is 4. The predicted molar refractivity (Wildman–Crippen MR) is 137 cm³/mol. The lowest BCUT2D eigenvalue weighted by Crippen LogP contribution is -2.71. The smallest absolute Gasteiger partial charge is 0.310 e. The first-order valence-electron chi connectivity index (χ1n) is 14.2. The van der Waals surface area contributed by atoms with Gasteiger partial charge in [-0.25, -0.2) is 0 Å². The summed E-state index contributed by atoms with van der Waals surface area (Å²) in [7, 11) is 0. The van der Waals surface area contributed by atoms with Gasteiger partial charge < -0.3 is 25.5 Å². The molecule has 5 aliphatic rings. The number of carboxylic acid groups (broad SMARTS) is 1. The SMILES string of the molecule is C[C@@H]1CC[C@]2(C(=O)O)CC[C@]3(C)C(=CCC4[C@@]5(C)C[C@@H](O)[C@H](O)[C@@](C)(CO)C5C(O)C[C@]43C)C2[C@H]1C. The maximum atomic E-state index is 12.8. The zero-order chi connectivity index (χ0) is 26.6. The Kier molecular flexibility index (Phi) is 5.95. The second kappa shape index (κ2) is 8.03. The van der Waals surface area contributed by atoms with E-state index >= 15 is 0 Å².